The molecule has 2 aromatic heterocycles. The molecule has 0 bridgehead atoms. The molecule has 0 unspecified atom stereocenters. The molecule has 29 heavy (non-hydrogen) atoms. The van der Waals surface area contributed by atoms with E-state index < -0.39 is 47.2 Å². The van der Waals surface area contributed by atoms with E-state index >= 15 is 0 Å². The predicted molar refractivity (Wildman–Crippen MR) is 92.6 cm³/mol. The van der Waals surface area contributed by atoms with Crippen LogP contribution in [-0.2, 0) is 12.8 Å². The molecule has 1 fully saturated rings. The molecule has 11 heteroatoms. The van der Waals surface area contributed by atoms with Gasteiger partial charge in [-0.1, -0.05) is 13.0 Å². The summed E-state index contributed by atoms with van der Waals surface area (Å²) in [6.45, 7) is 1.26. The summed E-state index contributed by atoms with van der Waals surface area (Å²) in [5.74, 6) is -1.42. The van der Waals surface area contributed by atoms with Crippen LogP contribution in [0.25, 0.3) is 11.0 Å². The molecule has 0 aliphatic heterocycles. The first-order chi connectivity index (χ1) is 13.5. The van der Waals surface area contributed by atoms with Crippen molar-refractivity contribution in [3.63, 3.8) is 0 Å². The Hall–Kier alpha value is -2.95. The minimum absolute atomic E-state index is 0.00427. The van der Waals surface area contributed by atoms with Gasteiger partial charge in [0.15, 0.2) is 5.65 Å². The van der Waals surface area contributed by atoms with Crippen molar-refractivity contribution in [3.05, 3.63) is 51.2 Å². The molecule has 154 valence electrons. The molecule has 0 spiro atoms. The van der Waals surface area contributed by atoms with Crippen LogP contribution in [0.3, 0.4) is 0 Å². The minimum atomic E-state index is -4.83. The van der Waals surface area contributed by atoms with Crippen LogP contribution in [0.4, 0.5) is 17.6 Å². The van der Waals surface area contributed by atoms with Crippen LogP contribution in [0.2, 0.25) is 0 Å². The van der Waals surface area contributed by atoms with Gasteiger partial charge in [0.25, 0.3) is 11.6 Å². The number of nitrogens with one attached hydrogen (secondary N) is 1. The number of halogens is 4. The monoisotopic (exact) mass is 412 g/mol. The van der Waals surface area contributed by atoms with Gasteiger partial charge in [-0.25, -0.2) is 9.07 Å². The quantitative estimate of drug-likeness (QED) is 0.572. The number of aromatic hydroxyl groups is 1. The van der Waals surface area contributed by atoms with Crippen LogP contribution < -0.4 is 5.56 Å². The molecule has 1 aliphatic rings. The Morgan fingerprint density at radius 3 is 2.59 bits per heavy atom. The Balaban J connectivity index is 1.95. The van der Waals surface area contributed by atoms with E-state index in [1.165, 1.54) is 10.7 Å². The summed E-state index contributed by atoms with van der Waals surface area (Å²) in [6.07, 6.45) is -3.46. The van der Waals surface area contributed by atoms with Gasteiger partial charge in [0.1, 0.15) is 16.9 Å². The lowest BCUT2D eigenvalue weighted by atomic mass is 9.91. The molecule has 0 saturated heterocycles. The summed E-state index contributed by atoms with van der Waals surface area (Å²) in [4.78, 5) is 18.2. The lowest BCUT2D eigenvalue weighted by Gasteiger charge is -2.25. The van der Waals surface area contributed by atoms with Crippen molar-refractivity contribution in [2.45, 2.75) is 38.6 Å². The molecule has 0 radical (unpaired) electrons. The molecule has 1 saturated carbocycles. The summed E-state index contributed by atoms with van der Waals surface area (Å²) < 4.78 is 54.3. The summed E-state index contributed by atoms with van der Waals surface area (Å²) in [7, 11) is 0. The lowest BCUT2D eigenvalue weighted by molar-refractivity contribution is -0.140. The molecule has 4 rings (SSSR count). The molecule has 3 N–H and O–H groups in total. The second kappa shape index (κ2) is 6.28. The van der Waals surface area contributed by atoms with Crippen LogP contribution in [0.5, 0.6) is 6.01 Å². The van der Waals surface area contributed by atoms with Crippen molar-refractivity contribution in [2.24, 2.45) is 5.41 Å². The van der Waals surface area contributed by atoms with Crippen molar-refractivity contribution in [3.8, 4) is 6.01 Å². The maximum atomic E-state index is 14.2. The van der Waals surface area contributed by atoms with Gasteiger partial charge in [-0.15, -0.1) is 0 Å². The van der Waals surface area contributed by atoms with Crippen LogP contribution >= 0.6 is 0 Å². The molecule has 3 aromatic rings. The number of hydrogen-bond donors (Lipinski definition) is 3. The highest BCUT2D eigenvalue weighted by atomic mass is 19.4. The third-order valence-electron chi connectivity index (χ3n) is 5.33. The summed E-state index contributed by atoms with van der Waals surface area (Å²) in [5, 5.41) is 23.5. The summed E-state index contributed by atoms with van der Waals surface area (Å²) >= 11 is 0. The van der Waals surface area contributed by atoms with Gasteiger partial charge in [0.05, 0.1) is 18.2 Å². The molecular weight excluding hydrogens is 396 g/mol. The van der Waals surface area contributed by atoms with E-state index in [-0.39, 0.29) is 22.3 Å². The SMILES string of the molecule is CC1([C@@H](c2ccc(C(F)(F)F)c(F)c2)n2nc(CO)c3c(=O)[nH]c(O)nc32)CC1. The first-order valence-electron chi connectivity index (χ1n) is 8.73. The second-order valence-electron chi connectivity index (χ2n) is 7.43. The minimum Gasteiger partial charge on any atom is -0.480 e. The van der Waals surface area contributed by atoms with Gasteiger partial charge in [-0.05, 0) is 36.0 Å². The number of benzene rings is 1. The fourth-order valence-electron chi connectivity index (χ4n) is 3.63. The van der Waals surface area contributed by atoms with Gasteiger partial charge in [0, 0.05) is 0 Å². The van der Waals surface area contributed by atoms with E-state index in [9.17, 15) is 32.6 Å². The van der Waals surface area contributed by atoms with E-state index in [1.807, 2.05) is 6.92 Å². The van der Waals surface area contributed by atoms with Crippen molar-refractivity contribution in [1.29, 1.82) is 0 Å². The smallest absolute Gasteiger partial charge is 0.419 e. The third kappa shape index (κ3) is 3.15. The lowest BCUT2D eigenvalue weighted by Crippen LogP contribution is -2.22. The van der Waals surface area contributed by atoms with Gasteiger partial charge in [-0.3, -0.25) is 9.78 Å². The Bertz CT molecular complexity index is 1160. The highest BCUT2D eigenvalue weighted by Gasteiger charge is 2.48. The normalized spacial score (nSPS) is 16.9. The number of rotatable bonds is 4. The number of aliphatic hydroxyl groups is 1. The van der Waals surface area contributed by atoms with Crippen LogP contribution in [-0.4, -0.2) is 30.0 Å². The number of hydrogen-bond acceptors (Lipinski definition) is 5. The predicted octanol–water partition coefficient (Wildman–Crippen LogP) is 2.86. The number of aliphatic hydroxyl groups excluding tert-OH is 1. The maximum absolute atomic E-state index is 14.2. The average Bonchev–Trinajstić information content (AvgIpc) is 3.24. The number of fused-ring (bicyclic) bond motifs is 1. The largest absolute Gasteiger partial charge is 0.480 e. The Morgan fingerprint density at radius 1 is 1.34 bits per heavy atom. The van der Waals surface area contributed by atoms with Crippen LogP contribution in [0, 0.1) is 11.2 Å². The number of nitrogens with zero attached hydrogens (tertiary/aromatic N) is 3. The first-order valence-corrected chi connectivity index (χ1v) is 8.73. The van der Waals surface area contributed by atoms with Crippen LogP contribution in [0.15, 0.2) is 23.0 Å². The topological polar surface area (TPSA) is 104 Å². The average molecular weight is 412 g/mol. The summed E-state index contributed by atoms with van der Waals surface area (Å²) in [5.41, 5.74) is -2.41. The second-order valence-corrected chi connectivity index (χ2v) is 7.43. The standard InChI is InChI=1S/C18H16F4N4O3/c1-17(4-5-17)13(8-2-3-9(10(19)6-8)18(20,21)22)26-14-12(11(7-27)25-26)15(28)24-16(29)23-14/h2-3,6,13,27H,4-5,7H2,1H3,(H2,23,24,28,29)/t13-/m1/s1. The zero-order valence-electron chi connectivity index (χ0n) is 15.1. The van der Waals surface area contributed by atoms with Gasteiger partial charge >= 0.3 is 6.18 Å². The van der Waals surface area contributed by atoms with E-state index in [0.717, 1.165) is 6.07 Å². The van der Waals surface area contributed by atoms with E-state index in [1.54, 1.807) is 0 Å². The maximum Gasteiger partial charge on any atom is 0.419 e. The molecule has 0 amide bonds. The van der Waals surface area contributed by atoms with Gasteiger partial charge in [-0.2, -0.15) is 23.3 Å². The highest BCUT2D eigenvalue weighted by Crippen LogP contribution is 2.56. The molecule has 2 heterocycles. The zero-order valence-corrected chi connectivity index (χ0v) is 15.1. The Morgan fingerprint density at radius 2 is 2.03 bits per heavy atom. The molecule has 1 aromatic carbocycles. The number of H-pyrrole nitrogens is 1. The highest BCUT2D eigenvalue weighted by molar-refractivity contribution is 5.77. The summed E-state index contributed by atoms with van der Waals surface area (Å²) in [6, 6.07) is 1.21. The molecule has 1 aliphatic carbocycles. The van der Waals surface area contributed by atoms with Crippen LogP contribution in [0.1, 0.15) is 42.6 Å². The van der Waals surface area contributed by atoms with E-state index in [4.69, 9.17) is 0 Å². The number of aromatic nitrogens is 4. The number of aromatic amines is 1. The molecule has 7 nitrogen and oxygen atoms in total. The van der Waals surface area contributed by atoms with Crippen molar-refractivity contribution in [1.82, 2.24) is 19.7 Å². The van der Waals surface area contributed by atoms with Crippen molar-refractivity contribution in [2.75, 3.05) is 0 Å². The zero-order chi connectivity index (χ0) is 21.1. The Labute approximate surface area is 160 Å². The number of alkyl halides is 3. The van der Waals surface area contributed by atoms with Gasteiger partial charge in [0.2, 0.25) is 0 Å². The van der Waals surface area contributed by atoms with E-state index in [2.05, 4.69) is 15.1 Å². The molecular formula is C18H16F4N4O3. The Kier molecular flexibility index (Phi) is 4.19. The van der Waals surface area contributed by atoms with Gasteiger partial charge < -0.3 is 10.2 Å². The fourth-order valence-corrected chi connectivity index (χ4v) is 3.63. The third-order valence-corrected chi connectivity index (χ3v) is 5.33. The fraction of sp³-hybridized carbons (Fsp3) is 0.389. The van der Waals surface area contributed by atoms with Crippen molar-refractivity contribution < 1.29 is 27.8 Å². The molecule has 1 atom stereocenters. The van der Waals surface area contributed by atoms with Crippen molar-refractivity contribution >= 4 is 11.0 Å². The van der Waals surface area contributed by atoms with E-state index in [0.29, 0.717) is 18.9 Å². The first kappa shape index (κ1) is 19.4.